The number of methoxy groups -OCH3 is 1. The van der Waals surface area contributed by atoms with Crippen LogP contribution in [0.1, 0.15) is 20.7 Å². The van der Waals surface area contributed by atoms with Gasteiger partial charge in [0, 0.05) is 24.3 Å². The second-order valence-corrected chi connectivity index (χ2v) is 14.2. The molecule has 0 aliphatic heterocycles. The minimum absolute atomic E-state index is 0.355. The Balaban J connectivity index is 0.000000499. The molecule has 0 atom stereocenters. The van der Waals surface area contributed by atoms with E-state index in [1.165, 1.54) is 0 Å². The molecule has 0 bridgehead atoms. The van der Waals surface area contributed by atoms with Gasteiger partial charge in [-0.2, -0.15) is 11.1 Å². The minimum Gasteiger partial charge on any atom is -0.478 e. The van der Waals surface area contributed by atoms with Crippen LogP contribution in [0.3, 0.4) is 0 Å². The van der Waals surface area contributed by atoms with E-state index in [0.29, 0.717) is 6.07 Å². The van der Waals surface area contributed by atoms with Gasteiger partial charge in [-0.25, -0.2) is 18.4 Å². The summed E-state index contributed by atoms with van der Waals surface area (Å²) in [5.41, 5.74) is -1.94. The Kier molecular flexibility index (Phi) is 11.1. The zero-order chi connectivity index (χ0) is 25.2. The molecule has 14 heteroatoms. The molecule has 0 aliphatic carbocycles. The van der Waals surface area contributed by atoms with Crippen LogP contribution in [-0.2, 0) is 4.74 Å². The molecular weight excluding hydrogens is 474 g/mol. The van der Waals surface area contributed by atoms with Crippen LogP contribution in [-0.4, -0.2) is 41.4 Å². The average Bonchev–Trinajstić information content (AvgIpc) is 2.66. The second-order valence-electron chi connectivity index (χ2n) is 6.71. The summed E-state index contributed by atoms with van der Waals surface area (Å²) < 4.78 is 29.9. The van der Waals surface area contributed by atoms with Crippen molar-refractivity contribution >= 4 is 41.8 Å². The molecule has 174 valence electrons. The number of hydrogen-bond donors (Lipinski definition) is 1. The topological polar surface area (TPSA) is 150 Å². The molecule has 2 aromatic carbocycles. The molecule has 2 aromatic rings. The van der Waals surface area contributed by atoms with Crippen molar-refractivity contribution in [3.63, 3.8) is 0 Å². The Bertz CT molecular complexity index is 1010. The predicted molar refractivity (Wildman–Crippen MR) is 114 cm³/mol. The Morgan fingerprint density at radius 1 is 0.938 bits per heavy atom. The summed E-state index contributed by atoms with van der Waals surface area (Å²) in [5.74, 6) is -4.30. The lowest BCUT2D eigenvalue weighted by molar-refractivity contribution is -0.385. The largest absolute Gasteiger partial charge is 0.478 e. The number of ether oxygens (including phenoxy) is 1. The van der Waals surface area contributed by atoms with E-state index < -0.39 is 57.6 Å². The molecule has 2 rings (SSSR count). The van der Waals surface area contributed by atoms with Gasteiger partial charge >= 0.3 is 11.9 Å². The maximum atomic E-state index is 12.9. The summed E-state index contributed by atoms with van der Waals surface area (Å²) in [4.78, 5) is 40.2. The molecule has 0 spiro atoms. The minimum atomic E-state index is -1.53. The summed E-state index contributed by atoms with van der Waals surface area (Å²) >= 11 is 5.67. The normalized spacial score (nSPS) is 9.97. The lowest BCUT2D eigenvalue weighted by Gasteiger charge is -1.99. The van der Waals surface area contributed by atoms with Gasteiger partial charge < -0.3 is 9.84 Å². The van der Waals surface area contributed by atoms with Crippen molar-refractivity contribution in [1.29, 1.82) is 0 Å². The average molecular weight is 493 g/mol. The third-order valence-electron chi connectivity index (χ3n) is 2.96. The van der Waals surface area contributed by atoms with Gasteiger partial charge in [0.1, 0.15) is 30.1 Å². The van der Waals surface area contributed by atoms with Gasteiger partial charge in [0.2, 0.25) is 0 Å². The van der Waals surface area contributed by atoms with Crippen molar-refractivity contribution in [2.24, 2.45) is 0 Å². The quantitative estimate of drug-likeness (QED) is 0.205. The van der Waals surface area contributed by atoms with E-state index in [4.69, 9.17) is 16.2 Å². The molecule has 0 aromatic heterocycles. The smallest absolute Gasteiger partial charge is 0.341 e. The molecule has 0 fully saturated rings. The van der Waals surface area contributed by atoms with Gasteiger partial charge in [0.05, 0.1) is 17.0 Å². The van der Waals surface area contributed by atoms with Crippen LogP contribution in [0.25, 0.3) is 0 Å². The van der Waals surface area contributed by atoms with Crippen LogP contribution >= 0.6 is 11.1 Å². The van der Waals surface area contributed by atoms with E-state index in [1.54, 1.807) is 0 Å². The number of aromatic carboxylic acids is 1. The highest BCUT2D eigenvalue weighted by atomic mass is 35.6. The molecule has 32 heavy (non-hydrogen) atoms. The third kappa shape index (κ3) is 10.5. The first kappa shape index (κ1) is 28.5. The van der Waals surface area contributed by atoms with Crippen molar-refractivity contribution in [3.8, 4) is 0 Å². The molecule has 0 heterocycles. The number of esters is 1. The summed E-state index contributed by atoms with van der Waals surface area (Å²) in [6.45, 7) is 6.28. The monoisotopic (exact) mass is 492 g/mol. The van der Waals surface area contributed by atoms with Crippen LogP contribution in [0, 0.1) is 31.9 Å². The van der Waals surface area contributed by atoms with Crippen molar-refractivity contribution < 1.29 is 38.1 Å². The predicted octanol–water partition coefficient (Wildman–Crippen LogP) is 5.01. The number of carbonyl (C=O) groups excluding carboxylic acids is 1. The molecule has 0 unspecified atom stereocenters. The summed E-state index contributed by atoms with van der Waals surface area (Å²) in [7, 11) is -0.0688. The number of carboxylic acids is 1. The van der Waals surface area contributed by atoms with Crippen LogP contribution < -0.4 is 0 Å². The van der Waals surface area contributed by atoms with E-state index in [2.05, 4.69) is 24.4 Å². The van der Waals surface area contributed by atoms with E-state index >= 15 is 0 Å². The van der Waals surface area contributed by atoms with Crippen molar-refractivity contribution in [2.75, 3.05) is 7.11 Å². The maximum Gasteiger partial charge on any atom is 0.341 e. The number of halogens is 3. The Hall–Kier alpha value is -3.45. The first-order chi connectivity index (χ1) is 14.6. The highest BCUT2D eigenvalue weighted by Gasteiger charge is 2.17. The van der Waals surface area contributed by atoms with Crippen LogP contribution in [0.15, 0.2) is 36.4 Å². The molecule has 0 amide bonds. The van der Waals surface area contributed by atoms with E-state index in [-0.39, 0.29) is 5.69 Å². The SMILES string of the molecule is COC(=O)c1cc([N+](=O)[O-])ccc1F.C[Si](C)(C)Cl.O=C(O)c1cc([N+](=O)[O-])ccc1F. The van der Waals surface area contributed by atoms with E-state index in [1.807, 2.05) is 0 Å². The summed E-state index contributed by atoms with van der Waals surface area (Å²) in [6, 6.07) is 4.99. The number of nitrogens with zero attached hydrogens (tertiary/aromatic N) is 2. The maximum absolute atomic E-state index is 12.9. The van der Waals surface area contributed by atoms with Gasteiger partial charge in [0.15, 0.2) is 0 Å². The molecule has 0 radical (unpaired) electrons. The fourth-order valence-corrected chi connectivity index (χ4v) is 1.68. The summed E-state index contributed by atoms with van der Waals surface area (Å²) in [5, 5.41) is 28.9. The van der Waals surface area contributed by atoms with Crippen molar-refractivity contribution in [3.05, 3.63) is 79.4 Å². The molecule has 0 saturated carbocycles. The van der Waals surface area contributed by atoms with Crippen molar-refractivity contribution in [1.82, 2.24) is 0 Å². The number of nitro groups is 2. The van der Waals surface area contributed by atoms with E-state index in [9.17, 15) is 38.6 Å². The summed E-state index contributed by atoms with van der Waals surface area (Å²) in [6.07, 6.45) is 0. The van der Waals surface area contributed by atoms with Gasteiger partial charge in [-0.15, -0.1) is 0 Å². The molecule has 10 nitrogen and oxygen atoms in total. The lowest BCUT2D eigenvalue weighted by atomic mass is 10.2. The molecule has 0 saturated heterocycles. The van der Waals surface area contributed by atoms with Crippen molar-refractivity contribution in [2.45, 2.75) is 19.6 Å². The molecule has 0 aliphatic rings. The first-order valence-electron chi connectivity index (χ1n) is 8.46. The highest BCUT2D eigenvalue weighted by Crippen LogP contribution is 2.17. The van der Waals surface area contributed by atoms with Crippen LogP contribution in [0.4, 0.5) is 20.2 Å². The molecule has 1 N–H and O–H groups in total. The zero-order valence-corrected chi connectivity index (χ0v) is 19.1. The number of carbonyl (C=O) groups is 2. The highest BCUT2D eigenvalue weighted by molar-refractivity contribution is 7.18. The number of hydrogen-bond acceptors (Lipinski definition) is 7. The Labute approximate surface area is 186 Å². The van der Waals surface area contributed by atoms with Crippen LogP contribution in [0.5, 0.6) is 0 Å². The fraction of sp³-hybridized carbons (Fsp3) is 0.222. The lowest BCUT2D eigenvalue weighted by Crippen LogP contribution is -2.06. The zero-order valence-electron chi connectivity index (χ0n) is 17.3. The number of nitro benzene ring substituents is 2. The number of carboxylic acid groups (broad SMARTS) is 1. The third-order valence-corrected chi connectivity index (χ3v) is 2.96. The fourth-order valence-electron chi connectivity index (χ4n) is 1.68. The number of rotatable bonds is 4. The van der Waals surface area contributed by atoms with Gasteiger partial charge in [-0.3, -0.25) is 20.2 Å². The Morgan fingerprint density at radius 3 is 1.59 bits per heavy atom. The Morgan fingerprint density at radius 2 is 1.28 bits per heavy atom. The standard InChI is InChI=1S/C8H6FNO4.C7H4FNO4.C3H9ClSi/c1-14-8(11)6-4-5(10(12)13)2-3-7(6)9;8-6-2-1-4(9(12)13)3-5(6)7(10)11;1-5(2,3)4/h2-4H,1H3;1-3H,(H,10,11);1-3H3. The number of benzene rings is 2. The van der Waals surface area contributed by atoms with Gasteiger partial charge in [-0.05, 0) is 12.1 Å². The van der Waals surface area contributed by atoms with Gasteiger partial charge in [0.25, 0.3) is 11.4 Å². The first-order valence-corrected chi connectivity index (χ1v) is 13.0. The second kappa shape index (κ2) is 12.4. The molecular formula is C18H19ClF2N2O8Si. The van der Waals surface area contributed by atoms with Crippen LogP contribution in [0.2, 0.25) is 19.6 Å². The van der Waals surface area contributed by atoms with E-state index in [0.717, 1.165) is 37.4 Å². The number of non-ortho nitro benzene ring substituents is 2. The van der Waals surface area contributed by atoms with Gasteiger partial charge in [-0.1, -0.05) is 19.6 Å².